The Morgan fingerprint density at radius 2 is 0.767 bits per heavy atom. The second-order valence-electron chi connectivity index (χ2n) is 15.0. The van der Waals surface area contributed by atoms with Gasteiger partial charge in [-0.2, -0.15) is 0 Å². The van der Waals surface area contributed by atoms with Crippen LogP contribution in [0.25, 0.3) is 111 Å². The Balaban J connectivity index is 1.03. The summed E-state index contributed by atoms with van der Waals surface area (Å²) in [6.45, 7) is 0. The van der Waals surface area contributed by atoms with E-state index in [2.05, 4.69) is 91.0 Å². The number of fused-ring (bicyclic) bond motifs is 9. The third-order valence-electron chi connectivity index (χ3n) is 11.6. The van der Waals surface area contributed by atoms with Crippen molar-refractivity contribution in [3.63, 3.8) is 0 Å². The van der Waals surface area contributed by atoms with Crippen molar-refractivity contribution in [2.24, 2.45) is 0 Å². The van der Waals surface area contributed by atoms with Gasteiger partial charge in [0.2, 0.25) is 0 Å². The summed E-state index contributed by atoms with van der Waals surface area (Å²) in [6.07, 6.45) is 0. The molecule has 0 saturated carbocycles. The van der Waals surface area contributed by atoms with Crippen molar-refractivity contribution in [2.45, 2.75) is 0 Å². The minimum atomic E-state index is 0.172. The first-order valence-electron chi connectivity index (χ1n) is 19.6. The van der Waals surface area contributed by atoms with Gasteiger partial charge in [-0.1, -0.05) is 144 Å². The summed E-state index contributed by atoms with van der Waals surface area (Å²) in [5, 5.41) is 9.36. The average molecular weight is 751 g/mol. The van der Waals surface area contributed by atoms with E-state index in [-0.39, 0.29) is 27.3 Å². The highest BCUT2D eigenvalue weighted by molar-refractivity contribution is 6.68. The quantitative estimate of drug-likeness (QED) is 0.135. The summed E-state index contributed by atoms with van der Waals surface area (Å²) in [4.78, 5) is 15.0. The summed E-state index contributed by atoms with van der Waals surface area (Å²) in [7, 11) is 31.2. The fourth-order valence-corrected chi connectivity index (χ4v) is 8.54. The van der Waals surface area contributed by atoms with Crippen LogP contribution in [0.15, 0.2) is 162 Å². The number of para-hydroxylation sites is 1. The highest BCUT2D eigenvalue weighted by Crippen LogP contribution is 2.41. The maximum absolute atomic E-state index is 6.68. The molecule has 0 aliphatic carbocycles. The molecule has 0 fully saturated rings. The van der Waals surface area contributed by atoms with Crippen LogP contribution in [0.5, 0.6) is 0 Å². The largest absolute Gasteiger partial charge is 0.455 e. The summed E-state index contributed by atoms with van der Waals surface area (Å²) in [6, 6.07) is 53.9. The zero-order valence-corrected chi connectivity index (χ0v) is 32.1. The molecule has 0 atom stereocenters. The van der Waals surface area contributed by atoms with Crippen molar-refractivity contribution in [1.29, 1.82) is 0 Å². The maximum Gasteiger partial charge on any atom is 0.164 e. The normalized spacial score (nSPS) is 11.7. The number of hydrogen-bond acceptors (Lipinski definition) is 4. The van der Waals surface area contributed by atoms with Crippen molar-refractivity contribution in [1.82, 2.24) is 15.0 Å². The topological polar surface area (TPSA) is 51.8 Å². The van der Waals surface area contributed by atoms with Crippen LogP contribution in [0.3, 0.4) is 0 Å². The van der Waals surface area contributed by atoms with Crippen LogP contribution < -0.4 is 27.3 Å². The van der Waals surface area contributed by atoms with Gasteiger partial charge in [0.1, 0.15) is 50.4 Å². The highest BCUT2D eigenvalue weighted by Gasteiger charge is 2.19. The summed E-state index contributed by atoms with van der Waals surface area (Å²) in [5.74, 6) is 1.57. The van der Waals surface area contributed by atoms with Gasteiger partial charge in [-0.15, -0.1) is 16.4 Å². The Hall–Kier alpha value is -7.11. The van der Waals surface area contributed by atoms with Crippen LogP contribution in [-0.4, -0.2) is 54.2 Å². The van der Waals surface area contributed by atoms with Gasteiger partial charge in [0, 0.05) is 33.0 Å². The van der Waals surface area contributed by atoms with Gasteiger partial charge in [0.25, 0.3) is 0 Å². The first kappa shape index (κ1) is 36.0. The van der Waals surface area contributed by atoms with Gasteiger partial charge < -0.3 is 4.42 Å². The lowest BCUT2D eigenvalue weighted by atomic mass is 9.59. The van der Waals surface area contributed by atoms with Crippen molar-refractivity contribution in [3.8, 4) is 56.4 Å². The first-order valence-corrected chi connectivity index (χ1v) is 19.6. The lowest BCUT2D eigenvalue weighted by Crippen LogP contribution is -2.55. The average Bonchev–Trinajstić information content (AvgIpc) is 3.69. The van der Waals surface area contributed by atoms with Crippen LogP contribution in [0, 0.1) is 0 Å². The van der Waals surface area contributed by atoms with Gasteiger partial charge in [-0.3, -0.25) is 0 Å². The van der Waals surface area contributed by atoms with E-state index < -0.39 is 0 Å². The molecule has 2 aromatic heterocycles. The van der Waals surface area contributed by atoms with E-state index in [1.807, 2.05) is 66.7 Å². The van der Waals surface area contributed by atoms with Gasteiger partial charge in [0.05, 0.1) is 0 Å². The number of aromatic nitrogens is 3. The predicted molar refractivity (Wildman–Crippen MR) is 254 cm³/mol. The van der Waals surface area contributed by atoms with Gasteiger partial charge >= 0.3 is 0 Å². The smallest absolute Gasteiger partial charge is 0.164 e. The number of furan rings is 1. The Morgan fingerprint density at radius 3 is 1.40 bits per heavy atom. The van der Waals surface area contributed by atoms with E-state index in [1.54, 1.807) is 0 Å². The minimum Gasteiger partial charge on any atom is -0.455 e. The zero-order chi connectivity index (χ0) is 40.6. The Bertz CT molecular complexity index is 3490. The first-order chi connectivity index (χ1) is 29.3. The fraction of sp³-hybridized carbons (Fsp3) is 0. The maximum atomic E-state index is 6.68. The molecule has 0 N–H and O–H groups in total. The molecule has 0 spiro atoms. The molecule has 0 bridgehead atoms. The molecule has 11 aromatic rings. The summed E-state index contributed by atoms with van der Waals surface area (Å²) in [5.41, 5.74) is 8.53. The van der Waals surface area contributed by atoms with E-state index in [0.29, 0.717) is 23.0 Å². The van der Waals surface area contributed by atoms with Crippen molar-refractivity contribution < 1.29 is 4.42 Å². The van der Waals surface area contributed by atoms with Crippen molar-refractivity contribution >= 4 is 121 Å². The second kappa shape index (κ2) is 14.0. The van der Waals surface area contributed by atoms with E-state index >= 15 is 0 Å². The van der Waals surface area contributed by atoms with Crippen LogP contribution in [0.4, 0.5) is 0 Å². The molecule has 0 aliphatic heterocycles. The molecule has 0 saturated heterocycles. The minimum absolute atomic E-state index is 0.172. The number of hydrogen-bond donors (Lipinski definition) is 0. The molecule has 2 heterocycles. The molecule has 0 aliphatic rings. The third-order valence-corrected chi connectivity index (χ3v) is 11.6. The standard InChI is InChI=1S/C51H26B5N3O/c52-43-42(44(53)46(55)47(56)45(43)54)27-17-19-29(20-18-27)50-57-49(28-9-2-1-3-10-28)58-51(59-50)31-22-24-41-40(26-31)38-16-8-15-32(48(38)60-41)30-21-23-37-35-13-5-4-11-33(35)34-12-6-7-14-36(34)39(37)25-30/h1-26H. The molecular weight excluding hydrogens is 725 g/mol. The predicted octanol–water partition coefficient (Wildman–Crippen LogP) is 7.53. The number of rotatable bonds is 5. The van der Waals surface area contributed by atoms with Crippen molar-refractivity contribution in [2.75, 3.05) is 0 Å². The number of nitrogens with zero attached hydrogens (tertiary/aromatic N) is 3. The van der Waals surface area contributed by atoms with Crippen LogP contribution in [0.1, 0.15) is 0 Å². The molecule has 0 unspecified atom stereocenters. The summed E-state index contributed by atoms with van der Waals surface area (Å²) < 4.78 is 6.68. The lowest BCUT2D eigenvalue weighted by Gasteiger charge is -2.21. The van der Waals surface area contributed by atoms with Crippen molar-refractivity contribution in [3.05, 3.63) is 158 Å². The van der Waals surface area contributed by atoms with E-state index in [9.17, 15) is 0 Å². The van der Waals surface area contributed by atoms with Crippen LogP contribution in [0.2, 0.25) is 0 Å². The molecule has 4 nitrogen and oxygen atoms in total. The van der Waals surface area contributed by atoms with Crippen LogP contribution >= 0.6 is 0 Å². The SMILES string of the molecule is [B]c1c([B])c([B])c(-c2ccc(-c3nc(-c4ccccc4)nc(-c4ccc5oc6c(-c7ccc8c9ccccc9c9ccccc9c8c7)cccc6c5c4)n3)cc2)c([B])c1[B]. The molecule has 9 heteroatoms. The molecule has 9 aromatic carbocycles. The van der Waals surface area contributed by atoms with Gasteiger partial charge in [-0.25, -0.2) is 15.0 Å². The fourth-order valence-electron chi connectivity index (χ4n) is 8.54. The molecule has 0 amide bonds. The number of benzene rings is 9. The molecule has 11 rings (SSSR count). The zero-order valence-electron chi connectivity index (χ0n) is 32.1. The third kappa shape index (κ3) is 5.72. The summed E-state index contributed by atoms with van der Waals surface area (Å²) >= 11 is 0. The van der Waals surface area contributed by atoms with Crippen LogP contribution in [-0.2, 0) is 0 Å². The Labute approximate surface area is 352 Å². The van der Waals surface area contributed by atoms with E-state index in [1.165, 1.54) is 32.3 Å². The second-order valence-corrected chi connectivity index (χ2v) is 15.0. The van der Waals surface area contributed by atoms with Gasteiger partial charge in [-0.05, 0) is 73.3 Å². The molecular formula is C51H26B5N3O. The lowest BCUT2D eigenvalue weighted by molar-refractivity contribution is 0.670. The van der Waals surface area contributed by atoms with E-state index in [4.69, 9.17) is 58.6 Å². The Kier molecular flexibility index (Phi) is 8.42. The van der Waals surface area contributed by atoms with E-state index in [0.717, 1.165) is 55.3 Å². The molecule has 266 valence electrons. The monoisotopic (exact) mass is 751 g/mol. The Morgan fingerprint density at radius 1 is 0.317 bits per heavy atom. The van der Waals surface area contributed by atoms with Gasteiger partial charge in [0.15, 0.2) is 17.5 Å². The highest BCUT2D eigenvalue weighted by atomic mass is 16.3. The molecule has 10 radical (unpaired) electrons. The molecule has 60 heavy (non-hydrogen) atoms.